The van der Waals surface area contributed by atoms with Crippen LogP contribution in [0.2, 0.25) is 41.3 Å². The second-order valence-corrected chi connectivity index (χ2v) is 35.8. The van der Waals surface area contributed by atoms with E-state index in [4.69, 9.17) is 33.9 Å². The smallest absolute Gasteiger partial charge is 0.261 e. The molecule has 3 aromatic carbocycles. The number of terminal acetylenes is 1. The molecule has 1 aliphatic rings. The Morgan fingerprint density at radius 1 is 0.694 bits per heavy atom. The van der Waals surface area contributed by atoms with Crippen molar-refractivity contribution in [2.75, 3.05) is 13.7 Å². The molecule has 0 bridgehead atoms. The molecule has 6 nitrogen and oxygen atoms in total. The molecule has 0 radical (unpaired) electrons. The van der Waals surface area contributed by atoms with Crippen molar-refractivity contribution < 1.29 is 27.5 Å². The maximum Gasteiger partial charge on any atom is 0.261 e. The van der Waals surface area contributed by atoms with E-state index in [1.54, 1.807) is 7.11 Å². The quantitative estimate of drug-likeness (QED) is 0.0784. The molecular formula is C53H84O6Si3. The van der Waals surface area contributed by atoms with Gasteiger partial charge in [-0.3, -0.25) is 0 Å². The topological polar surface area (TPSA) is 55.4 Å². The normalized spacial score (nSPS) is 19.0. The Hall–Kier alpha value is -2.53. The van der Waals surface area contributed by atoms with Crippen LogP contribution in [-0.2, 0) is 29.4 Å². The molecule has 1 fully saturated rings. The van der Waals surface area contributed by atoms with Crippen molar-refractivity contribution in [2.24, 2.45) is 5.92 Å². The van der Waals surface area contributed by atoms with Gasteiger partial charge in [-0.1, -0.05) is 135 Å². The van der Waals surface area contributed by atoms with E-state index in [9.17, 15) is 0 Å². The van der Waals surface area contributed by atoms with Gasteiger partial charge in [0, 0.05) is 24.7 Å². The first-order chi connectivity index (χ1) is 28.9. The van der Waals surface area contributed by atoms with Crippen LogP contribution in [-0.4, -0.2) is 69.2 Å². The lowest BCUT2D eigenvalue weighted by molar-refractivity contribution is -0.0785. The zero-order chi connectivity index (χ0) is 46.0. The Kier molecular flexibility index (Phi) is 18.6. The van der Waals surface area contributed by atoms with Crippen LogP contribution in [0, 0.1) is 18.3 Å². The van der Waals surface area contributed by atoms with Gasteiger partial charge in [0.2, 0.25) is 0 Å². The molecular weight excluding hydrogens is 817 g/mol. The van der Waals surface area contributed by atoms with Gasteiger partial charge in [0.15, 0.2) is 16.6 Å². The first-order valence-electron chi connectivity index (χ1n) is 23.4. The van der Waals surface area contributed by atoms with Crippen LogP contribution in [0.4, 0.5) is 0 Å². The van der Waals surface area contributed by atoms with E-state index in [0.717, 1.165) is 49.8 Å². The molecule has 0 aliphatic carbocycles. The van der Waals surface area contributed by atoms with Gasteiger partial charge >= 0.3 is 0 Å². The number of methoxy groups -OCH3 is 1. The standard InChI is InChI=1S/C53H84O6Si3/c1-17-41(2)50(55-40-42-31-33-43(54-12)34-32-42)39-47(59-61(15,16)52(6,7)8)38-46(58-60(13,14)51(3,4)5)37-45-26-24-25-44(57-45)35-36-56-62(53(9,10)11,48-27-20-18-21-28-48)49-29-22-19-23-30-49/h1,18-23,27-34,41,44-47,50H,24-26,35-40H2,2-16H3/t41-,44+,45+,46-,47+,50+/m0/s1. The summed E-state index contributed by atoms with van der Waals surface area (Å²) in [6, 6.07) is 30.0. The summed E-state index contributed by atoms with van der Waals surface area (Å²) in [6.07, 6.45) is 12.4. The molecule has 1 aliphatic heterocycles. The fourth-order valence-electron chi connectivity index (χ4n) is 8.34. The Bertz CT molecular complexity index is 1770. The molecule has 6 atom stereocenters. The second kappa shape index (κ2) is 22.1. The molecule has 0 saturated carbocycles. The monoisotopic (exact) mass is 901 g/mol. The predicted molar refractivity (Wildman–Crippen MR) is 268 cm³/mol. The summed E-state index contributed by atoms with van der Waals surface area (Å²) in [5, 5.41) is 2.64. The van der Waals surface area contributed by atoms with Gasteiger partial charge in [-0.2, -0.15) is 0 Å². The third-order valence-corrected chi connectivity index (χ3v) is 28.2. The first kappa shape index (κ1) is 52.1. The van der Waals surface area contributed by atoms with Gasteiger partial charge < -0.3 is 27.5 Å². The zero-order valence-electron chi connectivity index (χ0n) is 41.4. The summed E-state index contributed by atoms with van der Waals surface area (Å²) < 4.78 is 41.4. The first-order valence-corrected chi connectivity index (χ1v) is 31.1. The number of hydrogen-bond donors (Lipinski definition) is 0. The highest BCUT2D eigenvalue weighted by Crippen LogP contribution is 2.42. The van der Waals surface area contributed by atoms with Crippen LogP contribution in [0.25, 0.3) is 0 Å². The molecule has 0 N–H and O–H groups in total. The van der Waals surface area contributed by atoms with Crippen molar-refractivity contribution in [1.82, 2.24) is 0 Å². The second-order valence-electron chi connectivity index (χ2n) is 22.0. The van der Waals surface area contributed by atoms with Crippen LogP contribution < -0.4 is 15.1 Å². The van der Waals surface area contributed by atoms with Gasteiger partial charge in [0.1, 0.15) is 5.75 Å². The van der Waals surface area contributed by atoms with Crippen molar-refractivity contribution in [1.29, 1.82) is 0 Å². The Morgan fingerprint density at radius 3 is 1.69 bits per heavy atom. The molecule has 4 rings (SSSR count). The molecule has 3 aromatic rings. The Labute approximate surface area is 382 Å². The lowest BCUT2D eigenvalue weighted by Crippen LogP contribution is -2.66. The minimum Gasteiger partial charge on any atom is -0.497 e. The Balaban J connectivity index is 1.58. The number of hydrogen-bond acceptors (Lipinski definition) is 6. The molecule has 0 unspecified atom stereocenters. The van der Waals surface area contributed by atoms with Gasteiger partial charge in [-0.25, -0.2) is 0 Å². The van der Waals surface area contributed by atoms with E-state index >= 15 is 0 Å². The largest absolute Gasteiger partial charge is 0.497 e. The van der Waals surface area contributed by atoms with Crippen LogP contribution in [0.3, 0.4) is 0 Å². The highest BCUT2D eigenvalue weighted by atomic mass is 28.4. The summed E-state index contributed by atoms with van der Waals surface area (Å²) in [5.74, 6) is 3.75. The van der Waals surface area contributed by atoms with Crippen molar-refractivity contribution in [3.63, 3.8) is 0 Å². The van der Waals surface area contributed by atoms with Gasteiger partial charge in [-0.15, -0.1) is 12.3 Å². The van der Waals surface area contributed by atoms with Crippen molar-refractivity contribution in [3.8, 4) is 18.1 Å². The third-order valence-electron chi connectivity index (χ3n) is 14.1. The molecule has 344 valence electrons. The van der Waals surface area contributed by atoms with E-state index in [2.05, 4.69) is 174 Å². The van der Waals surface area contributed by atoms with E-state index in [0.29, 0.717) is 19.6 Å². The number of benzene rings is 3. The van der Waals surface area contributed by atoms with E-state index in [-0.39, 0.29) is 51.6 Å². The van der Waals surface area contributed by atoms with E-state index < -0.39 is 25.0 Å². The van der Waals surface area contributed by atoms with Gasteiger partial charge in [-0.05, 0) is 121 Å². The van der Waals surface area contributed by atoms with Gasteiger partial charge in [0.25, 0.3) is 8.32 Å². The molecule has 9 heteroatoms. The molecule has 0 amide bonds. The summed E-state index contributed by atoms with van der Waals surface area (Å²) >= 11 is 0. The average Bonchev–Trinajstić information content (AvgIpc) is 3.20. The van der Waals surface area contributed by atoms with E-state index in [1.807, 2.05) is 12.1 Å². The maximum absolute atomic E-state index is 7.43. The molecule has 1 saturated heterocycles. The molecule has 0 spiro atoms. The van der Waals surface area contributed by atoms with Crippen LogP contribution in [0.5, 0.6) is 5.75 Å². The highest BCUT2D eigenvalue weighted by Gasteiger charge is 2.50. The van der Waals surface area contributed by atoms with Crippen LogP contribution >= 0.6 is 0 Å². The maximum atomic E-state index is 7.43. The molecule has 0 aromatic heterocycles. The molecule has 1 heterocycles. The minimum absolute atomic E-state index is 0.0360. The minimum atomic E-state index is -2.64. The summed E-state index contributed by atoms with van der Waals surface area (Å²) in [4.78, 5) is 0. The average molecular weight is 902 g/mol. The fraction of sp³-hybridized carbons (Fsp3) is 0.623. The highest BCUT2D eigenvalue weighted by molar-refractivity contribution is 6.99. The Morgan fingerprint density at radius 2 is 1.21 bits per heavy atom. The van der Waals surface area contributed by atoms with Crippen molar-refractivity contribution in [2.45, 2.75) is 193 Å². The summed E-state index contributed by atoms with van der Waals surface area (Å²) in [5.41, 5.74) is 1.09. The van der Waals surface area contributed by atoms with Crippen LogP contribution in [0.1, 0.15) is 120 Å². The molecule has 62 heavy (non-hydrogen) atoms. The van der Waals surface area contributed by atoms with Crippen LogP contribution in [0.15, 0.2) is 84.9 Å². The number of ether oxygens (including phenoxy) is 3. The number of rotatable bonds is 21. The lowest BCUT2D eigenvalue weighted by atomic mass is 9.93. The summed E-state index contributed by atoms with van der Waals surface area (Å²) in [6.45, 7) is 33.6. The third kappa shape index (κ3) is 14.0. The van der Waals surface area contributed by atoms with Crippen molar-refractivity contribution in [3.05, 3.63) is 90.5 Å². The lowest BCUT2D eigenvalue weighted by Gasteiger charge is -2.44. The SMILES string of the molecule is C#C[C@H](C)[C@@H](C[C@@H](C[C@H](C[C@H]1CCC[C@H](CCO[Si](c2ccccc2)(c2ccccc2)C(C)(C)C)O1)O[Si](C)(C)C(C)(C)C)O[Si](C)(C)C(C)(C)C)OCc1ccc(OC)cc1. The van der Waals surface area contributed by atoms with E-state index in [1.165, 1.54) is 10.4 Å². The van der Waals surface area contributed by atoms with Crippen molar-refractivity contribution >= 4 is 35.3 Å². The zero-order valence-corrected chi connectivity index (χ0v) is 44.4. The van der Waals surface area contributed by atoms with Gasteiger partial charge in [0.05, 0.1) is 32.0 Å². The predicted octanol–water partition coefficient (Wildman–Crippen LogP) is 12.7. The fourth-order valence-corrected chi connectivity index (χ4v) is 15.7. The summed E-state index contributed by atoms with van der Waals surface area (Å²) in [7, 11) is -5.33.